The lowest BCUT2D eigenvalue weighted by atomic mass is 10.1. The molecule has 3 atom stereocenters. The second-order valence-corrected chi connectivity index (χ2v) is 3.70. The van der Waals surface area contributed by atoms with Crippen molar-refractivity contribution in [2.24, 2.45) is 0 Å². The molecule has 0 aromatic carbocycles. The van der Waals surface area contributed by atoms with E-state index in [2.05, 4.69) is 17.2 Å². The first kappa shape index (κ1) is 11.1. The van der Waals surface area contributed by atoms with Gasteiger partial charge in [-0.15, -0.1) is 0 Å². The summed E-state index contributed by atoms with van der Waals surface area (Å²) in [5, 5.41) is 12.7. The van der Waals surface area contributed by atoms with Gasteiger partial charge in [0.25, 0.3) is 0 Å². The molecule has 0 aliphatic heterocycles. The van der Waals surface area contributed by atoms with Gasteiger partial charge in [-0.2, -0.15) is 0 Å². The van der Waals surface area contributed by atoms with Gasteiger partial charge in [-0.25, -0.2) is 0 Å². The predicted octanol–water partition coefficient (Wildman–Crippen LogP) is 1.50. The molecule has 0 spiro atoms. The second kappa shape index (κ2) is 5.08. The zero-order valence-electron chi connectivity index (χ0n) is 8.94. The fourth-order valence-corrected chi connectivity index (χ4v) is 1.28. The number of pyridine rings is 1. The molecule has 0 aliphatic carbocycles. The van der Waals surface area contributed by atoms with Crippen LogP contribution in [-0.2, 0) is 0 Å². The Morgan fingerprint density at radius 3 is 2.29 bits per heavy atom. The average molecular weight is 194 g/mol. The summed E-state index contributed by atoms with van der Waals surface area (Å²) in [5.41, 5.74) is 1.19. The standard InChI is InChI=1S/C11H18N2O/c1-8(10(3)14)13-9(2)11-4-6-12-7-5-11/h4-10,13-14H,1-3H3. The van der Waals surface area contributed by atoms with E-state index in [0.29, 0.717) is 0 Å². The number of nitrogens with zero attached hydrogens (tertiary/aromatic N) is 1. The molecule has 1 rings (SSSR count). The summed E-state index contributed by atoms with van der Waals surface area (Å²) in [6, 6.07) is 4.29. The van der Waals surface area contributed by atoms with E-state index in [4.69, 9.17) is 0 Å². The molecule has 1 aromatic rings. The molecule has 0 fully saturated rings. The second-order valence-electron chi connectivity index (χ2n) is 3.70. The first-order chi connectivity index (χ1) is 6.61. The summed E-state index contributed by atoms with van der Waals surface area (Å²) < 4.78 is 0. The van der Waals surface area contributed by atoms with Crippen molar-refractivity contribution in [2.75, 3.05) is 0 Å². The number of nitrogens with one attached hydrogen (secondary N) is 1. The third kappa shape index (κ3) is 3.09. The van der Waals surface area contributed by atoms with Gasteiger partial charge in [0.2, 0.25) is 0 Å². The lowest BCUT2D eigenvalue weighted by Crippen LogP contribution is -2.37. The molecule has 0 aliphatic rings. The van der Waals surface area contributed by atoms with Crippen molar-refractivity contribution in [3.63, 3.8) is 0 Å². The van der Waals surface area contributed by atoms with Gasteiger partial charge < -0.3 is 10.4 Å². The van der Waals surface area contributed by atoms with Gasteiger partial charge >= 0.3 is 0 Å². The molecule has 0 saturated carbocycles. The Balaban J connectivity index is 2.55. The number of aliphatic hydroxyl groups is 1. The van der Waals surface area contributed by atoms with Crippen LogP contribution in [0.15, 0.2) is 24.5 Å². The van der Waals surface area contributed by atoms with Crippen molar-refractivity contribution < 1.29 is 5.11 Å². The molecule has 3 nitrogen and oxygen atoms in total. The van der Waals surface area contributed by atoms with E-state index in [1.807, 2.05) is 19.1 Å². The largest absolute Gasteiger partial charge is 0.392 e. The van der Waals surface area contributed by atoms with Crippen molar-refractivity contribution in [2.45, 2.75) is 39.0 Å². The van der Waals surface area contributed by atoms with Gasteiger partial charge in [-0.05, 0) is 38.5 Å². The summed E-state index contributed by atoms with van der Waals surface area (Å²) in [7, 11) is 0. The fourth-order valence-electron chi connectivity index (χ4n) is 1.28. The van der Waals surface area contributed by atoms with Crippen LogP contribution in [-0.4, -0.2) is 22.2 Å². The van der Waals surface area contributed by atoms with Crippen LogP contribution in [0.4, 0.5) is 0 Å². The first-order valence-electron chi connectivity index (χ1n) is 4.95. The molecule has 3 unspecified atom stereocenters. The SMILES string of the molecule is CC(NC(C)C(C)O)c1ccncc1. The van der Waals surface area contributed by atoms with Crippen molar-refractivity contribution in [1.29, 1.82) is 0 Å². The van der Waals surface area contributed by atoms with Gasteiger partial charge in [0.15, 0.2) is 0 Å². The highest BCUT2D eigenvalue weighted by molar-refractivity contribution is 5.14. The number of hydrogen-bond donors (Lipinski definition) is 2. The van der Waals surface area contributed by atoms with E-state index in [1.54, 1.807) is 19.3 Å². The molecular weight excluding hydrogens is 176 g/mol. The molecule has 0 bridgehead atoms. The zero-order valence-corrected chi connectivity index (χ0v) is 8.94. The third-order valence-corrected chi connectivity index (χ3v) is 2.44. The number of aromatic nitrogens is 1. The van der Waals surface area contributed by atoms with E-state index in [-0.39, 0.29) is 18.2 Å². The maximum atomic E-state index is 9.34. The first-order valence-corrected chi connectivity index (χ1v) is 4.95. The maximum absolute atomic E-state index is 9.34. The van der Waals surface area contributed by atoms with Crippen LogP contribution in [0.1, 0.15) is 32.4 Å². The Bertz CT molecular complexity index is 261. The van der Waals surface area contributed by atoms with Gasteiger partial charge in [0.1, 0.15) is 0 Å². The fraction of sp³-hybridized carbons (Fsp3) is 0.545. The maximum Gasteiger partial charge on any atom is 0.0662 e. The smallest absolute Gasteiger partial charge is 0.0662 e. The highest BCUT2D eigenvalue weighted by Gasteiger charge is 2.12. The van der Waals surface area contributed by atoms with Crippen molar-refractivity contribution in [3.8, 4) is 0 Å². The number of hydrogen-bond acceptors (Lipinski definition) is 3. The monoisotopic (exact) mass is 194 g/mol. The molecule has 0 radical (unpaired) electrons. The van der Waals surface area contributed by atoms with Crippen LogP contribution >= 0.6 is 0 Å². The topological polar surface area (TPSA) is 45.1 Å². The quantitative estimate of drug-likeness (QED) is 0.763. The van der Waals surface area contributed by atoms with Crippen LogP contribution in [0.25, 0.3) is 0 Å². The Labute approximate surface area is 85.2 Å². The zero-order chi connectivity index (χ0) is 10.6. The molecule has 78 valence electrons. The highest BCUT2D eigenvalue weighted by Crippen LogP contribution is 2.11. The minimum Gasteiger partial charge on any atom is -0.392 e. The van der Waals surface area contributed by atoms with Gasteiger partial charge in [0.05, 0.1) is 6.10 Å². The summed E-state index contributed by atoms with van der Waals surface area (Å²) in [5.74, 6) is 0. The molecule has 1 aromatic heterocycles. The number of rotatable bonds is 4. The van der Waals surface area contributed by atoms with Crippen molar-refractivity contribution in [3.05, 3.63) is 30.1 Å². The van der Waals surface area contributed by atoms with E-state index < -0.39 is 0 Å². The Morgan fingerprint density at radius 1 is 1.21 bits per heavy atom. The molecule has 1 heterocycles. The van der Waals surface area contributed by atoms with Crippen LogP contribution in [0.5, 0.6) is 0 Å². The van der Waals surface area contributed by atoms with Gasteiger partial charge in [-0.1, -0.05) is 0 Å². The Kier molecular flexibility index (Phi) is 4.04. The molecule has 0 saturated heterocycles. The summed E-state index contributed by atoms with van der Waals surface area (Å²) in [4.78, 5) is 3.96. The van der Waals surface area contributed by atoms with E-state index in [1.165, 1.54) is 5.56 Å². The van der Waals surface area contributed by atoms with Crippen LogP contribution in [0, 0.1) is 0 Å². The highest BCUT2D eigenvalue weighted by atomic mass is 16.3. The van der Waals surface area contributed by atoms with Crippen LogP contribution in [0.3, 0.4) is 0 Å². The Morgan fingerprint density at radius 2 is 1.79 bits per heavy atom. The Hall–Kier alpha value is -0.930. The summed E-state index contributed by atoms with van der Waals surface area (Å²) in [6.45, 7) is 5.84. The van der Waals surface area contributed by atoms with Crippen molar-refractivity contribution >= 4 is 0 Å². The molecule has 3 heteroatoms. The predicted molar refractivity (Wildman–Crippen MR) is 56.9 cm³/mol. The van der Waals surface area contributed by atoms with E-state index in [9.17, 15) is 5.11 Å². The molecular formula is C11H18N2O. The molecule has 2 N–H and O–H groups in total. The summed E-state index contributed by atoms with van der Waals surface area (Å²) in [6.07, 6.45) is 3.22. The lowest BCUT2D eigenvalue weighted by molar-refractivity contribution is 0.147. The molecule has 14 heavy (non-hydrogen) atoms. The van der Waals surface area contributed by atoms with Gasteiger partial charge in [-0.3, -0.25) is 4.98 Å². The molecule has 0 amide bonds. The van der Waals surface area contributed by atoms with E-state index >= 15 is 0 Å². The minimum absolute atomic E-state index is 0.0955. The van der Waals surface area contributed by atoms with Crippen LogP contribution in [0.2, 0.25) is 0 Å². The van der Waals surface area contributed by atoms with E-state index in [0.717, 1.165) is 0 Å². The number of aliphatic hydroxyl groups excluding tert-OH is 1. The normalized spacial score (nSPS) is 17.4. The minimum atomic E-state index is -0.334. The lowest BCUT2D eigenvalue weighted by Gasteiger charge is -2.22. The average Bonchev–Trinajstić information content (AvgIpc) is 2.19. The summed E-state index contributed by atoms with van der Waals surface area (Å²) >= 11 is 0. The third-order valence-electron chi connectivity index (χ3n) is 2.44. The van der Waals surface area contributed by atoms with Gasteiger partial charge in [0, 0.05) is 24.5 Å². The van der Waals surface area contributed by atoms with Crippen molar-refractivity contribution in [1.82, 2.24) is 10.3 Å². The van der Waals surface area contributed by atoms with Crippen LogP contribution < -0.4 is 5.32 Å².